The van der Waals surface area contributed by atoms with Crippen molar-refractivity contribution in [3.63, 3.8) is 0 Å². The van der Waals surface area contributed by atoms with E-state index >= 15 is 0 Å². The van der Waals surface area contributed by atoms with E-state index < -0.39 is 5.97 Å². The second kappa shape index (κ2) is 10.0. The van der Waals surface area contributed by atoms with E-state index in [0.29, 0.717) is 24.2 Å². The van der Waals surface area contributed by atoms with Crippen molar-refractivity contribution in [3.8, 4) is 6.07 Å². The summed E-state index contributed by atoms with van der Waals surface area (Å²) >= 11 is 5.36. The average Bonchev–Trinajstić information content (AvgIpc) is 2.71. The fraction of sp³-hybridized carbons (Fsp3) is 0.200. The molecule has 0 spiro atoms. The van der Waals surface area contributed by atoms with Gasteiger partial charge in [0.15, 0.2) is 5.11 Å². The first kappa shape index (κ1) is 20.1. The van der Waals surface area contributed by atoms with Crippen LogP contribution in [-0.2, 0) is 11.3 Å². The number of benzene rings is 2. The van der Waals surface area contributed by atoms with Crippen LogP contribution in [0.2, 0.25) is 0 Å². The highest BCUT2D eigenvalue weighted by molar-refractivity contribution is 7.80. The second-order valence-corrected chi connectivity index (χ2v) is 6.03. The summed E-state index contributed by atoms with van der Waals surface area (Å²) in [6.07, 6.45) is 0.288. The van der Waals surface area contributed by atoms with Gasteiger partial charge in [-0.25, -0.2) is 4.79 Å². The Hall–Kier alpha value is -3.24. The number of carbonyl (C=O) groups is 2. The van der Waals surface area contributed by atoms with Gasteiger partial charge in [0.2, 0.25) is 0 Å². The van der Waals surface area contributed by atoms with Gasteiger partial charge in [-0.15, -0.1) is 0 Å². The molecule has 1 N–H and O–H groups in total. The molecule has 1 amide bonds. The van der Waals surface area contributed by atoms with Crippen molar-refractivity contribution < 1.29 is 14.3 Å². The number of hydrogen-bond donors (Lipinski definition) is 1. The van der Waals surface area contributed by atoms with Crippen LogP contribution in [0.5, 0.6) is 0 Å². The fourth-order valence-corrected chi connectivity index (χ4v) is 2.61. The van der Waals surface area contributed by atoms with Crippen molar-refractivity contribution in [1.82, 2.24) is 10.2 Å². The number of thiocarbonyl (C=S) groups is 1. The minimum Gasteiger partial charge on any atom is -0.465 e. The molecular weight excluding hydrogens is 362 g/mol. The van der Waals surface area contributed by atoms with Gasteiger partial charge in [-0.3, -0.25) is 10.1 Å². The molecule has 27 heavy (non-hydrogen) atoms. The van der Waals surface area contributed by atoms with Crippen LogP contribution in [0.3, 0.4) is 0 Å². The Morgan fingerprint density at radius 1 is 1.11 bits per heavy atom. The van der Waals surface area contributed by atoms with Crippen LogP contribution in [0.15, 0.2) is 54.6 Å². The highest BCUT2D eigenvalue weighted by Gasteiger charge is 2.15. The minimum atomic E-state index is -0.469. The highest BCUT2D eigenvalue weighted by atomic mass is 32.1. The number of hydrogen-bond acceptors (Lipinski definition) is 5. The monoisotopic (exact) mass is 381 g/mol. The summed E-state index contributed by atoms with van der Waals surface area (Å²) in [5.41, 5.74) is 1.75. The molecule has 138 valence electrons. The van der Waals surface area contributed by atoms with E-state index in [1.54, 1.807) is 4.90 Å². The molecule has 0 atom stereocenters. The van der Waals surface area contributed by atoms with Crippen LogP contribution in [-0.4, -0.2) is 35.5 Å². The quantitative estimate of drug-likeness (QED) is 0.612. The Labute approximate surface area is 163 Å². The van der Waals surface area contributed by atoms with Crippen LogP contribution in [0.1, 0.15) is 32.7 Å². The van der Waals surface area contributed by atoms with Crippen LogP contribution in [0, 0.1) is 11.3 Å². The topological polar surface area (TPSA) is 82.4 Å². The number of carbonyl (C=O) groups excluding carboxylic acids is 2. The summed E-state index contributed by atoms with van der Waals surface area (Å²) in [7, 11) is 1.30. The zero-order chi connectivity index (χ0) is 19.6. The van der Waals surface area contributed by atoms with Crippen LogP contribution in [0.4, 0.5) is 0 Å². The smallest absolute Gasteiger partial charge is 0.337 e. The molecule has 0 fully saturated rings. The van der Waals surface area contributed by atoms with E-state index in [9.17, 15) is 9.59 Å². The number of ether oxygens (including phenoxy) is 1. The molecule has 0 aliphatic rings. The average molecular weight is 381 g/mol. The maximum absolute atomic E-state index is 12.4. The van der Waals surface area contributed by atoms with Gasteiger partial charge in [-0.1, -0.05) is 30.3 Å². The Balaban J connectivity index is 2.05. The van der Waals surface area contributed by atoms with E-state index in [4.69, 9.17) is 17.5 Å². The largest absolute Gasteiger partial charge is 0.465 e. The predicted molar refractivity (Wildman–Crippen MR) is 105 cm³/mol. The summed E-state index contributed by atoms with van der Waals surface area (Å²) in [6, 6.07) is 17.8. The molecule has 0 aliphatic heterocycles. The first-order valence-corrected chi connectivity index (χ1v) is 8.65. The molecule has 0 unspecified atom stereocenters. The number of nitriles is 1. The third-order valence-corrected chi connectivity index (χ3v) is 4.15. The minimum absolute atomic E-state index is 0.246. The molecule has 0 radical (unpaired) electrons. The van der Waals surface area contributed by atoms with Crippen molar-refractivity contribution >= 4 is 29.2 Å². The van der Waals surface area contributed by atoms with Gasteiger partial charge in [0.25, 0.3) is 5.91 Å². The summed E-state index contributed by atoms with van der Waals surface area (Å²) in [5, 5.41) is 11.8. The molecule has 2 aromatic carbocycles. The number of rotatable bonds is 6. The van der Waals surface area contributed by atoms with Crippen molar-refractivity contribution in [3.05, 3.63) is 71.3 Å². The molecule has 6 nitrogen and oxygen atoms in total. The number of nitrogens with zero attached hydrogens (tertiary/aromatic N) is 2. The first-order chi connectivity index (χ1) is 13.0. The zero-order valence-electron chi connectivity index (χ0n) is 14.8. The molecule has 0 aliphatic carbocycles. The lowest BCUT2D eigenvalue weighted by Gasteiger charge is -2.24. The second-order valence-electron chi connectivity index (χ2n) is 5.64. The Morgan fingerprint density at radius 3 is 2.33 bits per heavy atom. The zero-order valence-corrected chi connectivity index (χ0v) is 15.7. The van der Waals surface area contributed by atoms with Gasteiger partial charge < -0.3 is 9.64 Å². The molecule has 2 rings (SSSR count). The van der Waals surface area contributed by atoms with Crippen LogP contribution < -0.4 is 5.32 Å². The normalized spacial score (nSPS) is 9.78. The molecule has 0 aromatic heterocycles. The maximum Gasteiger partial charge on any atom is 0.337 e. The third kappa shape index (κ3) is 5.90. The van der Waals surface area contributed by atoms with Gasteiger partial charge >= 0.3 is 5.97 Å². The lowest BCUT2D eigenvalue weighted by molar-refractivity contribution is 0.0600. The van der Waals surface area contributed by atoms with Crippen LogP contribution >= 0.6 is 12.2 Å². The summed E-state index contributed by atoms with van der Waals surface area (Å²) in [6.45, 7) is 0.898. The van der Waals surface area contributed by atoms with E-state index in [1.165, 1.54) is 31.4 Å². The number of nitrogens with one attached hydrogen (secondary N) is 1. The van der Waals surface area contributed by atoms with Gasteiger partial charge in [-0.2, -0.15) is 5.26 Å². The lowest BCUT2D eigenvalue weighted by Crippen LogP contribution is -2.42. The Bertz CT molecular complexity index is 845. The molecule has 7 heteroatoms. The predicted octanol–water partition coefficient (Wildman–Crippen LogP) is 2.90. The van der Waals surface area contributed by atoms with E-state index in [2.05, 4.69) is 16.1 Å². The first-order valence-electron chi connectivity index (χ1n) is 8.24. The van der Waals surface area contributed by atoms with E-state index in [1.807, 2.05) is 30.3 Å². The summed E-state index contributed by atoms with van der Waals surface area (Å²) in [5.74, 6) is -0.852. The third-order valence-electron chi connectivity index (χ3n) is 3.79. The molecule has 0 heterocycles. The molecule has 0 saturated carbocycles. The molecule has 0 saturated heterocycles. The lowest BCUT2D eigenvalue weighted by atomic mass is 10.1. The van der Waals surface area contributed by atoms with Crippen molar-refractivity contribution in [1.29, 1.82) is 5.26 Å². The van der Waals surface area contributed by atoms with Gasteiger partial charge in [0, 0.05) is 18.7 Å². The summed E-state index contributed by atoms with van der Waals surface area (Å²) < 4.78 is 4.63. The summed E-state index contributed by atoms with van der Waals surface area (Å²) in [4.78, 5) is 25.7. The Morgan fingerprint density at radius 2 is 1.74 bits per heavy atom. The number of esters is 1. The molecular formula is C20H19N3O3S. The van der Waals surface area contributed by atoms with Crippen molar-refractivity contribution in [2.75, 3.05) is 13.7 Å². The van der Waals surface area contributed by atoms with E-state index in [-0.39, 0.29) is 17.4 Å². The highest BCUT2D eigenvalue weighted by Crippen LogP contribution is 2.08. The molecule has 2 aromatic rings. The molecule has 0 bridgehead atoms. The standard InChI is InChI=1S/C20H19N3O3S/c1-26-19(25)17-10-8-16(9-11-17)18(24)22-20(27)23(13-5-12-21)14-15-6-3-2-4-7-15/h2-4,6-11H,5,13-14H2,1H3,(H,22,24,27). The van der Waals surface area contributed by atoms with Crippen molar-refractivity contribution in [2.45, 2.75) is 13.0 Å². The van der Waals surface area contributed by atoms with Gasteiger partial charge in [-0.05, 0) is 42.0 Å². The van der Waals surface area contributed by atoms with E-state index in [0.717, 1.165) is 5.56 Å². The van der Waals surface area contributed by atoms with Crippen molar-refractivity contribution in [2.24, 2.45) is 0 Å². The fourth-order valence-electron chi connectivity index (χ4n) is 2.37. The Kier molecular flexibility index (Phi) is 7.47. The van der Waals surface area contributed by atoms with Gasteiger partial charge in [0.1, 0.15) is 0 Å². The SMILES string of the molecule is COC(=O)c1ccc(C(=O)NC(=S)N(CCC#N)Cc2ccccc2)cc1. The van der Waals surface area contributed by atoms with Crippen LogP contribution in [0.25, 0.3) is 0 Å². The maximum atomic E-state index is 12.4. The van der Waals surface area contributed by atoms with Gasteiger partial charge in [0.05, 0.1) is 25.2 Å². The number of amides is 1. The number of methoxy groups -OCH3 is 1.